The molecular formula is C2N4O4. The van der Waals surface area contributed by atoms with Crippen LogP contribution in [0.15, 0.2) is 9.70 Å². The van der Waals surface area contributed by atoms with E-state index in [1.54, 1.807) is 0 Å². The Morgan fingerprint density at radius 2 is 2.40 bits per heavy atom. The van der Waals surface area contributed by atoms with E-state index in [0.29, 0.717) is 0 Å². The highest BCUT2D eigenvalue weighted by atomic mass is 16.7. The molecule has 0 aliphatic carbocycles. The van der Waals surface area contributed by atoms with Crippen molar-refractivity contribution in [3.05, 3.63) is 15.0 Å². The number of aromatic nitrogens is 2. The number of nitro groups is 1. The minimum absolute atomic E-state index is 0.648. The van der Waals surface area contributed by atoms with Crippen LogP contribution in [0, 0.1) is 15.0 Å². The highest BCUT2D eigenvalue weighted by molar-refractivity contribution is 5.39. The smallest absolute Gasteiger partial charge is 0.266 e. The van der Waals surface area contributed by atoms with Crippen molar-refractivity contribution >= 4 is 11.7 Å². The minimum atomic E-state index is -0.934. The molecule has 0 fully saturated rings. The largest absolute Gasteiger partial charge is 0.506 e. The quantitative estimate of drug-likeness (QED) is 0.336. The van der Waals surface area contributed by atoms with Gasteiger partial charge in [0, 0.05) is 10.4 Å². The third-order valence-corrected chi connectivity index (χ3v) is 0.706. The molecule has 0 aliphatic heterocycles. The Morgan fingerprint density at radius 3 is 2.80 bits per heavy atom. The Morgan fingerprint density at radius 1 is 1.70 bits per heavy atom. The van der Waals surface area contributed by atoms with Gasteiger partial charge in [0.05, 0.1) is 0 Å². The molecule has 10 heavy (non-hydrogen) atoms. The van der Waals surface area contributed by atoms with Gasteiger partial charge in [-0.3, -0.25) is 14.6 Å². The molecule has 0 unspecified atom stereocenters. The molecule has 0 aromatic carbocycles. The standard InChI is InChI=1S/C2N4O4/c7-4-1-2(6(8)9)10-5-3-1. The van der Waals surface area contributed by atoms with Gasteiger partial charge in [0.25, 0.3) is 0 Å². The van der Waals surface area contributed by atoms with Crippen LogP contribution in [0.25, 0.3) is 0 Å². The molecule has 1 aromatic rings. The first-order valence-corrected chi connectivity index (χ1v) is 2.06. The van der Waals surface area contributed by atoms with Gasteiger partial charge in [-0.2, -0.15) is 0 Å². The Kier molecular flexibility index (Phi) is 1.36. The molecule has 0 saturated heterocycles. The van der Waals surface area contributed by atoms with Gasteiger partial charge in [0.1, 0.15) is 4.92 Å². The van der Waals surface area contributed by atoms with Crippen LogP contribution >= 0.6 is 0 Å². The fourth-order valence-corrected chi connectivity index (χ4v) is 0.354. The normalized spacial score (nSPS) is 9.20. The van der Waals surface area contributed by atoms with Crippen LogP contribution in [-0.4, -0.2) is 15.3 Å². The van der Waals surface area contributed by atoms with Crippen molar-refractivity contribution in [2.24, 2.45) is 5.18 Å². The molecule has 1 rings (SSSR count). The van der Waals surface area contributed by atoms with E-state index in [9.17, 15) is 15.0 Å². The van der Waals surface area contributed by atoms with Crippen molar-refractivity contribution in [3.8, 4) is 0 Å². The lowest BCUT2D eigenvalue weighted by Crippen LogP contribution is -1.84. The summed E-state index contributed by atoms with van der Waals surface area (Å²) in [5.41, 5.74) is 0. The second-order valence-electron chi connectivity index (χ2n) is 1.25. The second-order valence-corrected chi connectivity index (χ2v) is 1.25. The van der Waals surface area contributed by atoms with Crippen molar-refractivity contribution in [1.82, 2.24) is 10.4 Å². The summed E-state index contributed by atoms with van der Waals surface area (Å²) in [5.74, 6) is -1.49. The van der Waals surface area contributed by atoms with Gasteiger partial charge in [0.2, 0.25) is 0 Å². The first kappa shape index (κ1) is 6.26. The van der Waals surface area contributed by atoms with E-state index in [1.165, 1.54) is 0 Å². The number of hydrogen-bond donors (Lipinski definition) is 0. The molecule has 0 amide bonds. The van der Waals surface area contributed by atoms with Crippen LogP contribution in [0.3, 0.4) is 0 Å². The molecule has 0 spiro atoms. The fourth-order valence-electron chi connectivity index (χ4n) is 0.354. The van der Waals surface area contributed by atoms with Gasteiger partial charge in [0.15, 0.2) is 0 Å². The summed E-state index contributed by atoms with van der Waals surface area (Å²) in [6.07, 6.45) is 0. The molecule has 0 bridgehead atoms. The van der Waals surface area contributed by atoms with Gasteiger partial charge < -0.3 is 0 Å². The first-order chi connectivity index (χ1) is 4.75. The lowest BCUT2D eigenvalue weighted by molar-refractivity contribution is -0.403. The number of hydrogen-bond acceptors (Lipinski definition) is 7. The Labute approximate surface area is 52.9 Å². The van der Waals surface area contributed by atoms with E-state index in [2.05, 4.69) is 20.1 Å². The molecule has 0 atom stereocenters. The van der Waals surface area contributed by atoms with E-state index in [4.69, 9.17) is 0 Å². The van der Waals surface area contributed by atoms with Gasteiger partial charge in [-0.1, -0.05) is 5.10 Å². The van der Waals surface area contributed by atoms with Crippen LogP contribution < -0.4 is 0 Å². The summed E-state index contributed by atoms with van der Waals surface area (Å²) in [6, 6.07) is 0. The van der Waals surface area contributed by atoms with Gasteiger partial charge in [-0.05, 0) is 0 Å². The zero-order chi connectivity index (χ0) is 7.56. The summed E-state index contributed by atoms with van der Waals surface area (Å²) in [7, 11) is 0. The van der Waals surface area contributed by atoms with Crippen molar-refractivity contribution < 1.29 is 9.45 Å². The monoisotopic (exact) mass is 144 g/mol. The third kappa shape index (κ3) is 0.811. The number of nitrogens with zero attached hydrogens (tertiary/aromatic N) is 4. The Hall–Kier alpha value is -1.86. The van der Waals surface area contributed by atoms with Gasteiger partial charge in [-0.15, -0.1) is 4.91 Å². The number of rotatable bonds is 2. The maximum atomic E-state index is 9.87. The van der Waals surface area contributed by atoms with E-state index < -0.39 is 16.6 Å². The summed E-state index contributed by atoms with van der Waals surface area (Å²) in [4.78, 5) is 18.6. The molecule has 1 aromatic heterocycles. The molecule has 0 aliphatic rings. The van der Waals surface area contributed by atoms with Crippen molar-refractivity contribution in [3.63, 3.8) is 0 Å². The maximum Gasteiger partial charge on any atom is 0.506 e. The molecular weight excluding hydrogens is 144 g/mol. The van der Waals surface area contributed by atoms with Gasteiger partial charge >= 0.3 is 11.7 Å². The molecule has 0 radical (unpaired) electrons. The highest BCUT2D eigenvalue weighted by Gasteiger charge is 2.22. The van der Waals surface area contributed by atoms with Crippen LogP contribution in [0.4, 0.5) is 11.7 Å². The van der Waals surface area contributed by atoms with Crippen LogP contribution in [0.2, 0.25) is 0 Å². The SMILES string of the molecule is O=Nc1nnoc1[N+](=O)[O-]. The average Bonchev–Trinajstić information content (AvgIpc) is 2.33. The van der Waals surface area contributed by atoms with E-state index >= 15 is 0 Å². The van der Waals surface area contributed by atoms with Crippen LogP contribution in [-0.2, 0) is 0 Å². The predicted octanol–water partition coefficient (Wildman–Crippen LogP) is 0.376. The third-order valence-electron chi connectivity index (χ3n) is 0.706. The Balaban J connectivity index is 3.13. The van der Waals surface area contributed by atoms with Crippen molar-refractivity contribution in [2.75, 3.05) is 0 Å². The summed E-state index contributed by atoms with van der Waals surface area (Å²) in [6.45, 7) is 0. The lowest BCUT2D eigenvalue weighted by Gasteiger charge is -1.76. The molecule has 1 heterocycles. The molecule has 0 N–H and O–H groups in total. The zero-order valence-corrected chi connectivity index (χ0v) is 4.42. The van der Waals surface area contributed by atoms with E-state index in [0.717, 1.165) is 0 Å². The highest BCUT2D eigenvalue weighted by Crippen LogP contribution is 2.21. The molecule has 52 valence electrons. The number of nitroso groups, excluding NO2 is 1. The second kappa shape index (κ2) is 2.17. The molecule has 8 heteroatoms. The summed E-state index contributed by atoms with van der Waals surface area (Å²) >= 11 is 0. The molecule has 8 nitrogen and oxygen atoms in total. The lowest BCUT2D eigenvalue weighted by atomic mass is 10.7. The maximum absolute atomic E-state index is 9.87. The minimum Gasteiger partial charge on any atom is -0.266 e. The fraction of sp³-hybridized carbons (Fsp3) is 0. The van der Waals surface area contributed by atoms with Gasteiger partial charge in [-0.25, -0.2) is 0 Å². The predicted molar refractivity (Wildman–Crippen MR) is 26.4 cm³/mol. The van der Waals surface area contributed by atoms with Crippen LogP contribution in [0.1, 0.15) is 0 Å². The Bertz CT molecular complexity index is 266. The first-order valence-electron chi connectivity index (χ1n) is 2.06. The topological polar surface area (TPSA) is 111 Å². The van der Waals surface area contributed by atoms with Crippen molar-refractivity contribution in [2.45, 2.75) is 0 Å². The van der Waals surface area contributed by atoms with Crippen molar-refractivity contribution in [1.29, 1.82) is 0 Å². The summed E-state index contributed by atoms with van der Waals surface area (Å²) in [5, 5.41) is 17.7. The van der Waals surface area contributed by atoms with Crippen LogP contribution in [0.5, 0.6) is 0 Å². The summed E-state index contributed by atoms with van der Waals surface area (Å²) < 4.78 is 3.96. The zero-order valence-electron chi connectivity index (χ0n) is 4.42. The van der Waals surface area contributed by atoms with E-state index in [1.807, 2.05) is 0 Å². The average molecular weight is 144 g/mol. The molecule has 0 saturated carbocycles. The van der Waals surface area contributed by atoms with E-state index in [-0.39, 0.29) is 0 Å².